The first kappa shape index (κ1) is 8.69. The first-order valence-electron chi connectivity index (χ1n) is 4.42. The van der Waals surface area contributed by atoms with E-state index in [1.807, 2.05) is 0 Å². The Balaban J connectivity index is 2.56. The highest BCUT2D eigenvalue weighted by molar-refractivity contribution is 4.98. The molecule has 0 aromatic rings. The van der Waals surface area contributed by atoms with Gasteiger partial charge in [0.05, 0.1) is 6.04 Å². The maximum atomic E-state index is 10.3. The van der Waals surface area contributed by atoms with Crippen LogP contribution in [0.15, 0.2) is 5.18 Å². The highest BCUT2D eigenvalue weighted by atomic mass is 16.3. The molecule has 0 bridgehead atoms. The number of nitroso groups, excluding NO2 is 1. The van der Waals surface area contributed by atoms with Crippen molar-refractivity contribution in [2.75, 3.05) is 0 Å². The number of hydrogen-bond donors (Lipinski definition) is 0. The summed E-state index contributed by atoms with van der Waals surface area (Å²) in [6, 6.07) is 0.0856. The van der Waals surface area contributed by atoms with Crippen LogP contribution in [0.3, 0.4) is 0 Å². The summed E-state index contributed by atoms with van der Waals surface area (Å²) >= 11 is 0. The Bertz CT molecular complexity index is 146. The third-order valence-corrected chi connectivity index (χ3v) is 3.18. The Labute approximate surface area is 68.3 Å². The molecule has 0 radical (unpaired) electrons. The molecule has 2 nitrogen and oxygen atoms in total. The largest absolute Gasteiger partial charge is 0.150 e. The topological polar surface area (TPSA) is 29.4 Å². The molecular weight excluding hydrogens is 138 g/mol. The molecule has 2 atom stereocenters. The van der Waals surface area contributed by atoms with E-state index in [0.29, 0.717) is 23.7 Å². The summed E-state index contributed by atoms with van der Waals surface area (Å²) in [6.07, 6.45) is 0. The Morgan fingerprint density at radius 1 is 1.18 bits per heavy atom. The normalized spacial score (nSPS) is 43.7. The lowest BCUT2D eigenvalue weighted by Gasteiger charge is -2.47. The van der Waals surface area contributed by atoms with E-state index in [1.165, 1.54) is 0 Å². The van der Waals surface area contributed by atoms with Crippen LogP contribution < -0.4 is 0 Å². The zero-order valence-electron chi connectivity index (χ0n) is 7.74. The molecule has 0 spiro atoms. The summed E-state index contributed by atoms with van der Waals surface area (Å²) < 4.78 is 0. The highest BCUT2D eigenvalue weighted by Gasteiger charge is 2.47. The number of nitrogens with zero attached hydrogens (tertiary/aromatic N) is 1. The molecule has 1 fully saturated rings. The van der Waals surface area contributed by atoms with Crippen molar-refractivity contribution in [1.82, 2.24) is 0 Å². The van der Waals surface area contributed by atoms with E-state index in [1.54, 1.807) is 0 Å². The monoisotopic (exact) mass is 155 g/mol. The van der Waals surface area contributed by atoms with Crippen molar-refractivity contribution >= 4 is 0 Å². The van der Waals surface area contributed by atoms with Gasteiger partial charge in [-0.25, -0.2) is 0 Å². The lowest BCUT2D eigenvalue weighted by Crippen LogP contribution is -2.49. The molecule has 2 unspecified atom stereocenters. The van der Waals surface area contributed by atoms with Crippen molar-refractivity contribution in [3.05, 3.63) is 4.91 Å². The van der Waals surface area contributed by atoms with Crippen molar-refractivity contribution in [1.29, 1.82) is 0 Å². The van der Waals surface area contributed by atoms with Gasteiger partial charge < -0.3 is 0 Å². The summed E-state index contributed by atoms with van der Waals surface area (Å²) in [4.78, 5) is 10.3. The van der Waals surface area contributed by atoms with Gasteiger partial charge in [0.15, 0.2) is 0 Å². The molecule has 0 heterocycles. The van der Waals surface area contributed by atoms with Gasteiger partial charge in [-0.2, -0.15) is 4.91 Å². The molecule has 11 heavy (non-hydrogen) atoms. The third-order valence-electron chi connectivity index (χ3n) is 3.18. The molecule has 0 aromatic heterocycles. The van der Waals surface area contributed by atoms with Gasteiger partial charge in [-0.3, -0.25) is 0 Å². The lowest BCUT2D eigenvalue weighted by molar-refractivity contribution is 0.0261. The minimum absolute atomic E-state index is 0.0856. The summed E-state index contributed by atoms with van der Waals surface area (Å²) in [5.41, 5.74) is 0. The Hall–Kier alpha value is -0.400. The van der Waals surface area contributed by atoms with Gasteiger partial charge >= 0.3 is 0 Å². The fourth-order valence-corrected chi connectivity index (χ4v) is 2.67. The van der Waals surface area contributed by atoms with Crippen LogP contribution in [0.25, 0.3) is 0 Å². The van der Waals surface area contributed by atoms with E-state index in [2.05, 4.69) is 32.9 Å². The van der Waals surface area contributed by atoms with Crippen LogP contribution in [0.2, 0.25) is 0 Å². The van der Waals surface area contributed by atoms with Crippen molar-refractivity contribution in [2.45, 2.75) is 33.7 Å². The zero-order valence-corrected chi connectivity index (χ0v) is 7.74. The van der Waals surface area contributed by atoms with Crippen LogP contribution >= 0.6 is 0 Å². The molecule has 0 amide bonds. The van der Waals surface area contributed by atoms with E-state index in [-0.39, 0.29) is 6.04 Å². The molecule has 0 aromatic carbocycles. The SMILES string of the molecule is CC(C)C1C(C)C(N=O)C1C. The maximum absolute atomic E-state index is 10.3. The molecule has 64 valence electrons. The lowest BCUT2D eigenvalue weighted by atomic mass is 9.58. The second kappa shape index (κ2) is 2.92. The molecule has 1 rings (SSSR count). The first-order valence-corrected chi connectivity index (χ1v) is 4.42. The van der Waals surface area contributed by atoms with Gasteiger partial charge in [-0.1, -0.05) is 32.9 Å². The fraction of sp³-hybridized carbons (Fsp3) is 1.00. The zero-order chi connectivity index (χ0) is 8.59. The first-order chi connectivity index (χ1) is 5.09. The summed E-state index contributed by atoms with van der Waals surface area (Å²) in [5, 5.41) is 3.14. The van der Waals surface area contributed by atoms with E-state index < -0.39 is 0 Å². The Kier molecular flexibility index (Phi) is 2.31. The van der Waals surface area contributed by atoms with Gasteiger partial charge in [-0.05, 0) is 23.7 Å². The van der Waals surface area contributed by atoms with Crippen molar-refractivity contribution in [3.8, 4) is 0 Å². The Morgan fingerprint density at radius 3 is 1.91 bits per heavy atom. The molecule has 0 aliphatic heterocycles. The van der Waals surface area contributed by atoms with Crippen LogP contribution in [0.1, 0.15) is 27.7 Å². The molecule has 0 saturated heterocycles. The van der Waals surface area contributed by atoms with E-state index in [9.17, 15) is 4.91 Å². The fourth-order valence-electron chi connectivity index (χ4n) is 2.67. The second-order valence-electron chi connectivity index (χ2n) is 4.14. The summed E-state index contributed by atoms with van der Waals surface area (Å²) in [5.74, 6) is 2.40. The van der Waals surface area contributed by atoms with Gasteiger partial charge in [0, 0.05) is 0 Å². The quantitative estimate of drug-likeness (QED) is 0.564. The predicted molar refractivity (Wildman–Crippen MR) is 46.2 cm³/mol. The van der Waals surface area contributed by atoms with Crippen LogP contribution in [0.5, 0.6) is 0 Å². The number of hydrogen-bond acceptors (Lipinski definition) is 2. The molecule has 0 N–H and O–H groups in total. The van der Waals surface area contributed by atoms with Crippen molar-refractivity contribution in [3.63, 3.8) is 0 Å². The summed E-state index contributed by atoms with van der Waals surface area (Å²) in [6.45, 7) is 8.71. The predicted octanol–water partition coefficient (Wildman–Crippen LogP) is 2.68. The van der Waals surface area contributed by atoms with Crippen LogP contribution in [-0.2, 0) is 0 Å². The van der Waals surface area contributed by atoms with Crippen LogP contribution in [-0.4, -0.2) is 6.04 Å². The van der Waals surface area contributed by atoms with Gasteiger partial charge in [0.2, 0.25) is 0 Å². The maximum Gasteiger partial charge on any atom is 0.0976 e. The van der Waals surface area contributed by atoms with Crippen molar-refractivity contribution < 1.29 is 0 Å². The standard InChI is InChI=1S/C9H17NO/c1-5(2)8-6(3)9(10-11)7(8)4/h5-9H,1-4H3. The second-order valence-corrected chi connectivity index (χ2v) is 4.14. The highest BCUT2D eigenvalue weighted by Crippen LogP contribution is 2.46. The Morgan fingerprint density at radius 2 is 1.64 bits per heavy atom. The number of rotatable bonds is 2. The van der Waals surface area contributed by atoms with E-state index in [4.69, 9.17) is 0 Å². The van der Waals surface area contributed by atoms with Gasteiger partial charge in [0.1, 0.15) is 0 Å². The van der Waals surface area contributed by atoms with E-state index in [0.717, 1.165) is 0 Å². The third kappa shape index (κ3) is 1.19. The minimum Gasteiger partial charge on any atom is -0.150 e. The van der Waals surface area contributed by atoms with Gasteiger partial charge in [0.25, 0.3) is 0 Å². The van der Waals surface area contributed by atoms with Gasteiger partial charge in [-0.15, -0.1) is 0 Å². The van der Waals surface area contributed by atoms with Crippen LogP contribution in [0, 0.1) is 28.6 Å². The molecular formula is C9H17NO. The molecule has 2 heteroatoms. The molecule has 1 saturated carbocycles. The summed E-state index contributed by atoms with van der Waals surface area (Å²) in [7, 11) is 0. The smallest absolute Gasteiger partial charge is 0.0976 e. The van der Waals surface area contributed by atoms with Crippen molar-refractivity contribution in [2.24, 2.45) is 28.8 Å². The molecule has 1 aliphatic rings. The minimum atomic E-state index is 0.0856. The van der Waals surface area contributed by atoms with Crippen LogP contribution in [0.4, 0.5) is 0 Å². The molecule has 1 aliphatic carbocycles. The van der Waals surface area contributed by atoms with E-state index >= 15 is 0 Å². The average Bonchev–Trinajstić information content (AvgIpc) is 1.87. The average molecular weight is 155 g/mol.